The molecule has 4 fully saturated rings. The number of rotatable bonds is 20. The minimum Gasteiger partial charge on any atom is -0.350 e. The van der Waals surface area contributed by atoms with Crippen molar-refractivity contribution in [3.8, 4) is 0 Å². The fraction of sp³-hybridized carbons (Fsp3) is 0.536. The third kappa shape index (κ3) is 14.8. The summed E-state index contributed by atoms with van der Waals surface area (Å²) >= 11 is 0. The van der Waals surface area contributed by atoms with Gasteiger partial charge in [-0.25, -0.2) is 8.78 Å². The molecule has 2 saturated heterocycles. The average molecular weight is 1050 g/mol. The fourth-order valence-corrected chi connectivity index (χ4v) is 10.9. The maximum atomic E-state index is 14.7. The van der Waals surface area contributed by atoms with Crippen LogP contribution < -0.4 is 42.5 Å². The smallest absolute Gasteiger partial charge is 0.251 e. The van der Waals surface area contributed by atoms with Crippen molar-refractivity contribution in [1.29, 1.82) is 0 Å². The Morgan fingerprint density at radius 2 is 0.855 bits per heavy atom. The summed E-state index contributed by atoms with van der Waals surface area (Å²) in [6, 6.07) is 11.0. The van der Waals surface area contributed by atoms with Gasteiger partial charge in [-0.05, 0) is 138 Å². The van der Waals surface area contributed by atoms with E-state index in [4.69, 9.17) is 0 Å². The number of hydrogen-bond donors (Lipinski definition) is 8. The zero-order valence-corrected chi connectivity index (χ0v) is 43.9. The minimum absolute atomic E-state index is 0.0185. The molecule has 2 aliphatic heterocycles. The van der Waals surface area contributed by atoms with E-state index >= 15 is 0 Å². The van der Waals surface area contributed by atoms with Gasteiger partial charge in [0, 0.05) is 49.4 Å². The van der Waals surface area contributed by atoms with E-state index in [1.165, 1.54) is 58.3 Å². The topological polar surface area (TPSA) is 239 Å². The van der Waals surface area contributed by atoms with Crippen molar-refractivity contribution in [2.75, 3.05) is 27.2 Å². The molecule has 0 bridgehead atoms. The summed E-state index contributed by atoms with van der Waals surface area (Å²) in [4.78, 5) is 114. The SMILES string of the molecule is CN[C@@H](C)C(=O)N[C@H](C(=O)N1C[C@@H](NC(=O)c2ccc(C(=O)N[C@H]3C[C@@H](C(=O)NCc4ccc(F)cc4)N(C(=O)[C@@H](NC(=O)[C@H](C)NC)C4CCCCC4)C3)cc2)C[C@H]1C(=O)NCc1ccc(F)cc1)C1CCCCC1. The van der Waals surface area contributed by atoms with Crippen LogP contribution in [0.25, 0.3) is 0 Å². The van der Waals surface area contributed by atoms with Crippen LogP contribution >= 0.6 is 0 Å². The largest absolute Gasteiger partial charge is 0.350 e. The summed E-state index contributed by atoms with van der Waals surface area (Å²) in [5, 5.41) is 23.5. The van der Waals surface area contributed by atoms with Gasteiger partial charge in [0.05, 0.1) is 12.1 Å². The lowest BCUT2D eigenvalue weighted by atomic mass is 9.83. The van der Waals surface area contributed by atoms with Crippen LogP contribution in [0.1, 0.15) is 123 Å². The highest BCUT2D eigenvalue weighted by Crippen LogP contribution is 2.32. The molecule has 8 amide bonds. The Hall–Kier alpha value is -6.80. The van der Waals surface area contributed by atoms with Crippen LogP contribution in [-0.4, -0.2) is 133 Å². The van der Waals surface area contributed by atoms with Crippen LogP contribution in [0.3, 0.4) is 0 Å². The molecule has 3 aromatic carbocycles. The van der Waals surface area contributed by atoms with Gasteiger partial charge in [0.15, 0.2) is 0 Å². The van der Waals surface area contributed by atoms with Crippen LogP contribution in [0.15, 0.2) is 72.8 Å². The lowest BCUT2D eigenvalue weighted by Gasteiger charge is -2.35. The first kappa shape index (κ1) is 56.9. The molecule has 2 aliphatic carbocycles. The van der Waals surface area contributed by atoms with E-state index in [0.717, 1.165) is 64.2 Å². The van der Waals surface area contributed by atoms with Gasteiger partial charge in [-0.1, -0.05) is 62.8 Å². The third-order valence-electron chi connectivity index (χ3n) is 15.6. The van der Waals surface area contributed by atoms with Crippen molar-refractivity contribution in [2.45, 2.75) is 152 Å². The van der Waals surface area contributed by atoms with Crippen molar-refractivity contribution in [3.05, 3.63) is 107 Å². The second-order valence-corrected chi connectivity index (χ2v) is 20.9. The zero-order chi connectivity index (χ0) is 54.5. The first-order valence-corrected chi connectivity index (χ1v) is 26.9. The average Bonchev–Trinajstić information content (AvgIpc) is 4.07. The summed E-state index contributed by atoms with van der Waals surface area (Å²) in [5.74, 6) is -4.65. The molecule has 8 N–H and O–H groups in total. The fourth-order valence-electron chi connectivity index (χ4n) is 10.9. The lowest BCUT2D eigenvalue weighted by molar-refractivity contribution is -0.143. The van der Waals surface area contributed by atoms with Crippen LogP contribution in [0.5, 0.6) is 0 Å². The number of halogens is 2. The second-order valence-electron chi connectivity index (χ2n) is 20.9. The molecule has 410 valence electrons. The van der Waals surface area contributed by atoms with Gasteiger partial charge in [0.25, 0.3) is 11.8 Å². The van der Waals surface area contributed by atoms with Crippen molar-refractivity contribution >= 4 is 47.3 Å². The Bertz CT molecular complexity index is 2350. The van der Waals surface area contributed by atoms with Crippen LogP contribution in [0.4, 0.5) is 8.78 Å². The highest BCUT2D eigenvalue weighted by Gasteiger charge is 2.46. The number of nitrogens with zero attached hydrogens (tertiary/aromatic N) is 2. The quantitative estimate of drug-likeness (QED) is 0.0822. The molecule has 2 heterocycles. The number of carbonyl (C=O) groups excluding carboxylic acids is 8. The molecule has 76 heavy (non-hydrogen) atoms. The lowest BCUT2D eigenvalue weighted by Crippen LogP contribution is -2.58. The summed E-state index contributed by atoms with van der Waals surface area (Å²) < 4.78 is 27.3. The zero-order valence-electron chi connectivity index (χ0n) is 43.9. The van der Waals surface area contributed by atoms with E-state index in [1.807, 2.05) is 0 Å². The van der Waals surface area contributed by atoms with Crippen molar-refractivity contribution in [1.82, 2.24) is 52.3 Å². The number of likely N-dealkylation sites (N-methyl/N-ethyl adjacent to an activating group) is 2. The molecule has 0 radical (unpaired) electrons. The number of amides is 8. The van der Waals surface area contributed by atoms with E-state index in [9.17, 15) is 47.1 Å². The molecule has 3 aromatic rings. The molecule has 2 saturated carbocycles. The van der Waals surface area contributed by atoms with Crippen LogP contribution in [0, 0.1) is 23.5 Å². The molecular weight excluding hydrogens is 979 g/mol. The number of likely N-dealkylation sites (tertiary alicyclic amines) is 2. The molecule has 4 aliphatic rings. The monoisotopic (exact) mass is 1050 g/mol. The number of carbonyl (C=O) groups is 8. The maximum absolute atomic E-state index is 14.7. The molecule has 0 spiro atoms. The van der Waals surface area contributed by atoms with Gasteiger partial charge in [0.1, 0.15) is 35.8 Å². The Morgan fingerprint density at radius 1 is 0.513 bits per heavy atom. The summed E-state index contributed by atoms with van der Waals surface area (Å²) in [5.41, 5.74) is 1.69. The molecule has 7 rings (SSSR count). The highest BCUT2D eigenvalue weighted by molar-refractivity contribution is 5.99. The predicted molar refractivity (Wildman–Crippen MR) is 280 cm³/mol. The van der Waals surface area contributed by atoms with Crippen LogP contribution in [-0.2, 0) is 41.9 Å². The standard InChI is InChI=1S/C56H74F2N10O8/c1-33(59-3)49(69)65-47(37-11-7-5-8-12-37)55(75)67-31-43(27-45(67)53(73)61-29-35-15-23-41(57)24-16-35)63-51(71)39-19-21-40(22-20-39)52(72)64-44-28-46(54(74)62-30-36-17-25-42(58)26-18-36)68(32-44)56(76)48(38-13-9-6-10-14-38)66-50(70)34(2)60-4/h15-26,33-34,37-38,43-48,59-60H,5-14,27-32H2,1-4H3,(H,61,73)(H,62,74)(H,63,71)(H,64,72)(H,65,69)(H,66,70)/t33-,34-,43-,44-,45-,46-,47-,48-/m0/s1. The minimum atomic E-state index is -1.00. The van der Waals surface area contributed by atoms with Crippen LogP contribution in [0.2, 0.25) is 0 Å². The summed E-state index contributed by atoms with van der Waals surface area (Å²) in [7, 11) is 3.30. The van der Waals surface area contributed by atoms with E-state index < -0.39 is 95.4 Å². The molecule has 20 heteroatoms. The second kappa shape index (κ2) is 26.8. The van der Waals surface area contributed by atoms with Gasteiger partial charge < -0.3 is 52.3 Å². The van der Waals surface area contributed by atoms with E-state index in [-0.39, 0.29) is 73.8 Å². The van der Waals surface area contributed by atoms with Gasteiger partial charge in [0.2, 0.25) is 35.4 Å². The Morgan fingerprint density at radius 3 is 1.18 bits per heavy atom. The maximum Gasteiger partial charge on any atom is 0.251 e. The third-order valence-corrected chi connectivity index (χ3v) is 15.6. The Kier molecular flexibility index (Phi) is 20.1. The van der Waals surface area contributed by atoms with Crippen molar-refractivity contribution in [2.24, 2.45) is 11.8 Å². The first-order valence-electron chi connectivity index (χ1n) is 26.9. The molecule has 18 nitrogen and oxygen atoms in total. The van der Waals surface area contributed by atoms with Crippen molar-refractivity contribution < 1.29 is 47.1 Å². The summed E-state index contributed by atoms with van der Waals surface area (Å²) in [6.45, 7) is 3.49. The normalized spacial score (nSPS) is 21.6. The van der Waals surface area contributed by atoms with E-state index in [2.05, 4.69) is 42.5 Å². The van der Waals surface area contributed by atoms with Gasteiger partial charge in [-0.15, -0.1) is 0 Å². The molecule has 0 unspecified atom stereocenters. The van der Waals surface area contributed by atoms with Gasteiger partial charge >= 0.3 is 0 Å². The molecule has 0 aromatic heterocycles. The van der Waals surface area contributed by atoms with E-state index in [1.54, 1.807) is 52.2 Å². The first-order chi connectivity index (χ1) is 36.5. The number of benzene rings is 3. The number of hydrogen-bond acceptors (Lipinski definition) is 10. The predicted octanol–water partition coefficient (Wildman–Crippen LogP) is 3.34. The highest BCUT2D eigenvalue weighted by atomic mass is 19.1. The summed E-state index contributed by atoms with van der Waals surface area (Å²) in [6.07, 6.45) is 8.65. The Balaban J connectivity index is 1.04. The van der Waals surface area contributed by atoms with E-state index in [0.29, 0.717) is 11.1 Å². The molecular formula is C56H74F2N10O8. The molecule has 8 atom stereocenters. The van der Waals surface area contributed by atoms with Crippen molar-refractivity contribution in [3.63, 3.8) is 0 Å². The Labute approximate surface area is 443 Å². The van der Waals surface area contributed by atoms with Gasteiger partial charge in [-0.3, -0.25) is 38.4 Å². The number of nitrogens with one attached hydrogen (secondary N) is 8. The van der Waals surface area contributed by atoms with Gasteiger partial charge in [-0.2, -0.15) is 0 Å².